The fourth-order valence-electron chi connectivity index (χ4n) is 1.75. The molecule has 1 saturated heterocycles. The minimum atomic E-state index is -0.381. The van der Waals surface area contributed by atoms with Gasteiger partial charge >= 0.3 is 0 Å². The predicted octanol–water partition coefficient (Wildman–Crippen LogP) is 1.84. The van der Waals surface area contributed by atoms with Gasteiger partial charge in [0.1, 0.15) is 11.9 Å². The summed E-state index contributed by atoms with van der Waals surface area (Å²) in [6, 6.07) is 1.96. The van der Waals surface area contributed by atoms with Crippen molar-refractivity contribution in [2.24, 2.45) is 10.1 Å². The lowest BCUT2D eigenvalue weighted by molar-refractivity contribution is 0.0331. The number of halogens is 1. The molecule has 2 atom stereocenters. The van der Waals surface area contributed by atoms with Gasteiger partial charge in [0, 0.05) is 36.2 Å². The normalized spacial score (nSPS) is 22.1. The molecule has 0 N–H and O–H groups in total. The molecule has 0 bridgehead atoms. The number of hydrogen-bond donors (Lipinski definition) is 0. The van der Waals surface area contributed by atoms with E-state index in [2.05, 4.69) is 57.2 Å². The van der Waals surface area contributed by atoms with Gasteiger partial charge in [0.05, 0.1) is 25.3 Å². The molecule has 0 aliphatic carbocycles. The lowest BCUT2D eigenvalue weighted by Crippen LogP contribution is -2.47. The Morgan fingerprint density at radius 2 is 2.40 bits per heavy atom. The molecule has 1 aliphatic heterocycles. The number of amidine groups is 2. The van der Waals surface area contributed by atoms with Crippen LogP contribution in [-0.2, 0) is 4.74 Å². The molecular formula is C13H20IN5O. The number of aliphatic imine (C=N–C) groups is 1. The van der Waals surface area contributed by atoms with E-state index in [-0.39, 0.29) is 12.1 Å². The van der Waals surface area contributed by atoms with Crippen molar-refractivity contribution in [3.8, 4) is 6.07 Å². The molecule has 0 aromatic heterocycles. The summed E-state index contributed by atoms with van der Waals surface area (Å²) >= 11 is 2.07. The van der Waals surface area contributed by atoms with Gasteiger partial charge in [0.15, 0.2) is 3.84 Å². The molecule has 1 aliphatic rings. The fourth-order valence-corrected chi connectivity index (χ4v) is 2.28. The Labute approximate surface area is 133 Å². The summed E-state index contributed by atoms with van der Waals surface area (Å²) in [5, 5.41) is 15.0. The molecule has 1 fully saturated rings. The van der Waals surface area contributed by atoms with Gasteiger partial charge in [-0.2, -0.15) is 10.4 Å². The van der Waals surface area contributed by atoms with Crippen molar-refractivity contribution in [3.63, 3.8) is 0 Å². The molecule has 0 aromatic rings. The standard InChI is InChI=1S/C13H20IN5O/c1-5-12(19-6-7-20-9-11(19)3)17-18(4)13(14)16-10(2)8-15/h5,10-11H,1,6-7,9H2,2-4H3/b16-13?,17-12+/t10?,11-/m1/s1. The summed E-state index contributed by atoms with van der Waals surface area (Å²) in [5.41, 5.74) is 0. The maximum atomic E-state index is 8.78. The van der Waals surface area contributed by atoms with E-state index in [4.69, 9.17) is 10.00 Å². The minimum Gasteiger partial charge on any atom is -0.377 e. The van der Waals surface area contributed by atoms with Crippen LogP contribution in [0, 0.1) is 11.3 Å². The van der Waals surface area contributed by atoms with Crippen LogP contribution in [0.25, 0.3) is 0 Å². The van der Waals surface area contributed by atoms with Crippen molar-refractivity contribution in [1.29, 1.82) is 5.26 Å². The molecule has 0 aromatic carbocycles. The fraction of sp³-hybridized carbons (Fsp3) is 0.615. The first-order valence-corrected chi connectivity index (χ1v) is 7.49. The predicted molar refractivity (Wildman–Crippen MR) is 88.9 cm³/mol. The van der Waals surface area contributed by atoms with E-state index >= 15 is 0 Å². The van der Waals surface area contributed by atoms with Crippen molar-refractivity contribution in [3.05, 3.63) is 12.7 Å². The number of ether oxygens (including phenoxy) is 1. The number of hydrazone groups is 1. The van der Waals surface area contributed by atoms with Crippen LogP contribution >= 0.6 is 22.6 Å². The Hall–Kier alpha value is -1.14. The summed E-state index contributed by atoms with van der Waals surface area (Å²) in [6.07, 6.45) is 1.73. The maximum absolute atomic E-state index is 8.78. The Morgan fingerprint density at radius 3 is 2.95 bits per heavy atom. The summed E-state index contributed by atoms with van der Waals surface area (Å²) in [5.74, 6) is 0.789. The van der Waals surface area contributed by atoms with E-state index in [0.717, 1.165) is 12.4 Å². The van der Waals surface area contributed by atoms with Gasteiger partial charge in [0.2, 0.25) is 0 Å². The third-order valence-electron chi connectivity index (χ3n) is 2.85. The maximum Gasteiger partial charge on any atom is 0.184 e. The topological polar surface area (TPSA) is 64.2 Å². The van der Waals surface area contributed by atoms with Crippen LogP contribution in [0.5, 0.6) is 0 Å². The minimum absolute atomic E-state index is 0.265. The van der Waals surface area contributed by atoms with Gasteiger partial charge in [0.25, 0.3) is 0 Å². The molecule has 6 nitrogen and oxygen atoms in total. The first kappa shape index (κ1) is 16.9. The van der Waals surface area contributed by atoms with E-state index < -0.39 is 0 Å². The average molecular weight is 389 g/mol. The number of morpholine rings is 1. The largest absolute Gasteiger partial charge is 0.377 e. The van der Waals surface area contributed by atoms with Gasteiger partial charge in [-0.25, -0.2) is 10.0 Å². The van der Waals surface area contributed by atoms with Gasteiger partial charge < -0.3 is 9.64 Å². The van der Waals surface area contributed by atoms with Crippen LogP contribution < -0.4 is 0 Å². The third-order valence-corrected chi connectivity index (χ3v) is 3.83. The zero-order valence-electron chi connectivity index (χ0n) is 12.1. The summed E-state index contributed by atoms with van der Waals surface area (Å²) in [7, 11) is 1.81. The molecule has 1 heterocycles. The van der Waals surface area contributed by atoms with E-state index in [1.807, 2.05) is 7.05 Å². The Kier molecular flexibility index (Phi) is 6.95. The molecule has 110 valence electrons. The highest BCUT2D eigenvalue weighted by Gasteiger charge is 2.21. The molecule has 0 spiro atoms. The molecule has 1 rings (SSSR count). The zero-order chi connectivity index (χ0) is 15.1. The summed E-state index contributed by atoms with van der Waals surface area (Å²) < 4.78 is 6.08. The van der Waals surface area contributed by atoms with E-state index in [0.29, 0.717) is 17.1 Å². The first-order valence-electron chi connectivity index (χ1n) is 6.41. The second-order valence-electron chi connectivity index (χ2n) is 4.51. The number of hydrogen-bond acceptors (Lipinski definition) is 4. The Morgan fingerprint density at radius 1 is 1.70 bits per heavy atom. The van der Waals surface area contributed by atoms with Crippen LogP contribution in [0.2, 0.25) is 0 Å². The SMILES string of the molecule is C=C/C(=N\N(C)C(I)=NC(C)C#N)N1CCOC[C@H]1C. The smallest absolute Gasteiger partial charge is 0.184 e. The number of nitriles is 1. The average Bonchev–Trinajstić information content (AvgIpc) is 2.45. The monoisotopic (exact) mass is 389 g/mol. The van der Waals surface area contributed by atoms with Gasteiger partial charge in [-0.1, -0.05) is 6.58 Å². The van der Waals surface area contributed by atoms with Crippen molar-refractivity contribution >= 4 is 32.3 Å². The van der Waals surface area contributed by atoms with Crippen LogP contribution in [0.3, 0.4) is 0 Å². The molecule has 1 unspecified atom stereocenters. The Balaban J connectivity index is 2.85. The van der Waals surface area contributed by atoms with Crippen molar-refractivity contribution in [2.45, 2.75) is 25.9 Å². The molecular weight excluding hydrogens is 369 g/mol. The zero-order valence-corrected chi connectivity index (χ0v) is 14.2. The molecule has 0 amide bonds. The van der Waals surface area contributed by atoms with Gasteiger partial charge in [-0.3, -0.25) is 0 Å². The van der Waals surface area contributed by atoms with E-state index in [1.165, 1.54) is 0 Å². The highest BCUT2D eigenvalue weighted by molar-refractivity contribution is 14.1. The Bertz CT molecular complexity index is 443. The van der Waals surface area contributed by atoms with Crippen molar-refractivity contribution in [2.75, 3.05) is 26.8 Å². The second-order valence-corrected chi connectivity index (χ2v) is 5.47. The molecule has 0 saturated carbocycles. The van der Waals surface area contributed by atoms with E-state index in [1.54, 1.807) is 18.0 Å². The molecule has 0 radical (unpaired) electrons. The highest BCUT2D eigenvalue weighted by Crippen LogP contribution is 2.10. The van der Waals surface area contributed by atoms with Crippen LogP contribution in [0.4, 0.5) is 0 Å². The quantitative estimate of drug-likeness (QED) is 0.243. The van der Waals surface area contributed by atoms with Crippen LogP contribution in [-0.4, -0.2) is 58.5 Å². The van der Waals surface area contributed by atoms with Gasteiger partial charge in [-0.15, -0.1) is 0 Å². The second kappa shape index (κ2) is 8.21. The van der Waals surface area contributed by atoms with Crippen LogP contribution in [0.1, 0.15) is 13.8 Å². The van der Waals surface area contributed by atoms with Crippen molar-refractivity contribution in [1.82, 2.24) is 9.91 Å². The summed E-state index contributed by atoms with van der Waals surface area (Å²) in [4.78, 5) is 6.39. The third kappa shape index (κ3) is 4.76. The van der Waals surface area contributed by atoms with Crippen LogP contribution in [0.15, 0.2) is 22.7 Å². The van der Waals surface area contributed by atoms with Gasteiger partial charge in [-0.05, 0) is 19.9 Å². The number of rotatable bonds is 3. The highest BCUT2D eigenvalue weighted by atomic mass is 127. The molecule has 20 heavy (non-hydrogen) atoms. The lowest BCUT2D eigenvalue weighted by atomic mass is 10.2. The van der Waals surface area contributed by atoms with Crippen molar-refractivity contribution < 1.29 is 4.74 Å². The number of nitrogens with zero attached hydrogens (tertiary/aromatic N) is 5. The van der Waals surface area contributed by atoms with E-state index in [9.17, 15) is 0 Å². The lowest BCUT2D eigenvalue weighted by Gasteiger charge is -2.35. The molecule has 7 heteroatoms. The summed E-state index contributed by atoms with van der Waals surface area (Å²) in [6.45, 7) is 9.84. The first-order chi connectivity index (χ1) is 9.49.